The van der Waals surface area contributed by atoms with Gasteiger partial charge >= 0.3 is 0 Å². The summed E-state index contributed by atoms with van der Waals surface area (Å²) in [5.74, 6) is 0.623. The lowest BCUT2D eigenvalue weighted by Gasteiger charge is -2.12. The number of aryl methyl sites for hydroxylation is 1. The van der Waals surface area contributed by atoms with Crippen LogP contribution in [0.2, 0.25) is 0 Å². The third-order valence-corrected chi connectivity index (χ3v) is 3.90. The van der Waals surface area contributed by atoms with Crippen molar-refractivity contribution in [2.24, 2.45) is 0 Å². The summed E-state index contributed by atoms with van der Waals surface area (Å²) in [5, 5.41) is 3.41. The first-order valence-electron chi connectivity index (χ1n) is 7.48. The Morgan fingerprint density at radius 3 is 2.67 bits per heavy atom. The SMILES string of the molecule is CCc1ccc(CNCC2Cc3cc(F)ccc3O2)cc1. The van der Waals surface area contributed by atoms with E-state index < -0.39 is 0 Å². The van der Waals surface area contributed by atoms with Gasteiger partial charge in [-0.15, -0.1) is 0 Å². The number of nitrogens with one attached hydrogen (secondary N) is 1. The van der Waals surface area contributed by atoms with Crippen molar-refractivity contribution < 1.29 is 9.13 Å². The second kappa shape index (κ2) is 6.27. The maximum absolute atomic E-state index is 13.2. The van der Waals surface area contributed by atoms with E-state index in [4.69, 9.17) is 4.74 Å². The predicted molar refractivity (Wildman–Crippen MR) is 82.0 cm³/mol. The zero-order chi connectivity index (χ0) is 14.7. The summed E-state index contributed by atoms with van der Waals surface area (Å²) >= 11 is 0. The number of hydrogen-bond acceptors (Lipinski definition) is 2. The molecule has 1 aliphatic rings. The Balaban J connectivity index is 1.48. The summed E-state index contributed by atoms with van der Waals surface area (Å²) < 4.78 is 19.0. The van der Waals surface area contributed by atoms with Gasteiger partial charge in [-0.2, -0.15) is 0 Å². The summed E-state index contributed by atoms with van der Waals surface area (Å²) in [6.45, 7) is 3.76. The number of rotatable bonds is 5. The molecule has 2 aromatic carbocycles. The van der Waals surface area contributed by atoms with E-state index >= 15 is 0 Å². The highest BCUT2D eigenvalue weighted by Gasteiger charge is 2.22. The molecule has 0 aromatic heterocycles. The van der Waals surface area contributed by atoms with Crippen LogP contribution in [0.15, 0.2) is 42.5 Å². The molecule has 1 aliphatic heterocycles. The molecule has 2 aromatic rings. The van der Waals surface area contributed by atoms with Crippen molar-refractivity contribution in [3.63, 3.8) is 0 Å². The van der Waals surface area contributed by atoms with E-state index in [0.717, 1.165) is 37.2 Å². The van der Waals surface area contributed by atoms with Gasteiger partial charge in [-0.05, 0) is 35.7 Å². The zero-order valence-electron chi connectivity index (χ0n) is 12.2. The number of hydrogen-bond donors (Lipinski definition) is 1. The highest BCUT2D eigenvalue weighted by molar-refractivity contribution is 5.38. The molecule has 0 bridgehead atoms. The van der Waals surface area contributed by atoms with Crippen LogP contribution in [0.3, 0.4) is 0 Å². The van der Waals surface area contributed by atoms with Crippen molar-refractivity contribution in [2.75, 3.05) is 6.54 Å². The van der Waals surface area contributed by atoms with E-state index in [1.54, 1.807) is 12.1 Å². The van der Waals surface area contributed by atoms with Gasteiger partial charge in [0, 0.05) is 25.1 Å². The first-order valence-corrected chi connectivity index (χ1v) is 7.48. The zero-order valence-corrected chi connectivity index (χ0v) is 12.2. The number of ether oxygens (including phenoxy) is 1. The van der Waals surface area contributed by atoms with E-state index in [-0.39, 0.29) is 11.9 Å². The van der Waals surface area contributed by atoms with Gasteiger partial charge < -0.3 is 10.1 Å². The normalized spacial score (nSPS) is 16.6. The van der Waals surface area contributed by atoms with Crippen LogP contribution in [0.4, 0.5) is 4.39 Å². The molecule has 3 rings (SSSR count). The largest absolute Gasteiger partial charge is 0.488 e. The maximum atomic E-state index is 13.2. The molecule has 0 saturated heterocycles. The summed E-state index contributed by atoms with van der Waals surface area (Å²) in [6.07, 6.45) is 1.93. The minimum Gasteiger partial charge on any atom is -0.488 e. The number of fused-ring (bicyclic) bond motifs is 1. The van der Waals surface area contributed by atoms with Gasteiger partial charge in [0.05, 0.1) is 0 Å². The van der Waals surface area contributed by atoms with Gasteiger partial charge in [0.25, 0.3) is 0 Å². The van der Waals surface area contributed by atoms with Crippen molar-refractivity contribution in [3.8, 4) is 5.75 Å². The molecule has 3 heteroatoms. The highest BCUT2D eigenvalue weighted by atomic mass is 19.1. The minimum absolute atomic E-state index is 0.0942. The lowest BCUT2D eigenvalue weighted by atomic mass is 10.1. The molecule has 0 spiro atoms. The summed E-state index contributed by atoms with van der Waals surface area (Å²) in [7, 11) is 0. The van der Waals surface area contributed by atoms with Gasteiger partial charge in [-0.3, -0.25) is 0 Å². The number of halogens is 1. The average molecular weight is 285 g/mol. The summed E-state index contributed by atoms with van der Waals surface area (Å²) in [4.78, 5) is 0. The topological polar surface area (TPSA) is 21.3 Å². The summed E-state index contributed by atoms with van der Waals surface area (Å²) in [6, 6.07) is 13.4. The Morgan fingerprint density at radius 1 is 1.14 bits per heavy atom. The van der Waals surface area contributed by atoms with Crippen LogP contribution < -0.4 is 10.1 Å². The molecule has 1 atom stereocenters. The van der Waals surface area contributed by atoms with E-state index in [2.05, 4.69) is 36.5 Å². The number of benzene rings is 2. The van der Waals surface area contributed by atoms with Crippen molar-refractivity contribution in [1.82, 2.24) is 5.32 Å². The molecule has 110 valence electrons. The Kier molecular flexibility index (Phi) is 4.20. The smallest absolute Gasteiger partial charge is 0.123 e. The van der Waals surface area contributed by atoms with Crippen LogP contribution >= 0.6 is 0 Å². The van der Waals surface area contributed by atoms with Crippen molar-refractivity contribution in [1.29, 1.82) is 0 Å². The van der Waals surface area contributed by atoms with Crippen molar-refractivity contribution in [3.05, 3.63) is 65.0 Å². The highest BCUT2D eigenvalue weighted by Crippen LogP contribution is 2.28. The third-order valence-electron chi connectivity index (χ3n) is 3.90. The van der Waals surface area contributed by atoms with Crippen LogP contribution in [0.5, 0.6) is 5.75 Å². The fourth-order valence-corrected chi connectivity index (χ4v) is 2.67. The second-order valence-electron chi connectivity index (χ2n) is 5.50. The van der Waals surface area contributed by atoms with E-state index in [1.165, 1.54) is 17.2 Å². The molecule has 1 heterocycles. The fraction of sp³-hybridized carbons (Fsp3) is 0.333. The molecule has 1 N–H and O–H groups in total. The molecule has 0 fully saturated rings. The molecule has 0 amide bonds. The van der Waals surface area contributed by atoms with Gasteiger partial charge in [0.2, 0.25) is 0 Å². The quantitative estimate of drug-likeness (QED) is 0.908. The first kappa shape index (κ1) is 14.1. The standard InChI is InChI=1S/C18H20FNO/c1-2-13-3-5-14(6-4-13)11-20-12-17-10-15-9-16(19)7-8-18(15)21-17/h3-9,17,20H,2,10-12H2,1H3. The Bertz CT molecular complexity index is 609. The first-order chi connectivity index (χ1) is 10.2. The predicted octanol–water partition coefficient (Wildman–Crippen LogP) is 3.48. The van der Waals surface area contributed by atoms with Crippen molar-refractivity contribution in [2.45, 2.75) is 32.4 Å². The molecule has 0 aliphatic carbocycles. The van der Waals surface area contributed by atoms with E-state index in [9.17, 15) is 4.39 Å². The van der Waals surface area contributed by atoms with Crippen molar-refractivity contribution >= 4 is 0 Å². The Labute approximate surface area is 125 Å². The minimum atomic E-state index is -0.193. The molecule has 2 nitrogen and oxygen atoms in total. The Morgan fingerprint density at radius 2 is 1.90 bits per heavy atom. The lowest BCUT2D eigenvalue weighted by Crippen LogP contribution is -2.29. The second-order valence-corrected chi connectivity index (χ2v) is 5.50. The van der Waals surface area contributed by atoms with Crippen LogP contribution in [0.1, 0.15) is 23.6 Å². The van der Waals surface area contributed by atoms with Crippen LogP contribution in [0, 0.1) is 5.82 Å². The molecule has 0 saturated carbocycles. The van der Waals surface area contributed by atoms with Crippen LogP contribution in [-0.4, -0.2) is 12.6 Å². The van der Waals surface area contributed by atoms with Gasteiger partial charge in [0.15, 0.2) is 0 Å². The van der Waals surface area contributed by atoms with E-state index in [0.29, 0.717) is 0 Å². The van der Waals surface area contributed by atoms with Gasteiger partial charge in [0.1, 0.15) is 17.7 Å². The molecular formula is C18H20FNO. The summed E-state index contributed by atoms with van der Waals surface area (Å²) in [5.41, 5.74) is 3.60. The van der Waals surface area contributed by atoms with Crippen LogP contribution in [0.25, 0.3) is 0 Å². The molecule has 0 radical (unpaired) electrons. The van der Waals surface area contributed by atoms with Gasteiger partial charge in [-0.25, -0.2) is 4.39 Å². The van der Waals surface area contributed by atoms with E-state index in [1.807, 2.05) is 0 Å². The monoisotopic (exact) mass is 285 g/mol. The maximum Gasteiger partial charge on any atom is 0.123 e. The van der Waals surface area contributed by atoms with Crippen LogP contribution in [-0.2, 0) is 19.4 Å². The lowest BCUT2D eigenvalue weighted by molar-refractivity contribution is 0.227. The molecular weight excluding hydrogens is 265 g/mol. The van der Waals surface area contributed by atoms with Gasteiger partial charge in [-0.1, -0.05) is 31.2 Å². The third kappa shape index (κ3) is 3.42. The average Bonchev–Trinajstić information content (AvgIpc) is 2.89. The Hall–Kier alpha value is -1.87. The fourth-order valence-electron chi connectivity index (χ4n) is 2.67. The molecule has 1 unspecified atom stereocenters. The molecule has 21 heavy (non-hydrogen) atoms.